The number of nitrogens with zero attached hydrogens (tertiary/aromatic N) is 1. The summed E-state index contributed by atoms with van der Waals surface area (Å²) >= 11 is 0. The molecule has 156 valence electrons. The average molecular weight is 420 g/mol. The second-order valence-corrected chi connectivity index (χ2v) is 8.72. The molecule has 0 aliphatic carbocycles. The van der Waals surface area contributed by atoms with Crippen LogP contribution in [0.5, 0.6) is 5.75 Å². The van der Waals surface area contributed by atoms with Crippen LogP contribution >= 0.6 is 0 Å². The molecule has 0 aromatic heterocycles. The second-order valence-electron chi connectivity index (χ2n) is 6.57. The van der Waals surface area contributed by atoms with Crippen LogP contribution in [0.3, 0.4) is 0 Å². The minimum absolute atomic E-state index is 0.0192. The molecule has 0 saturated heterocycles. The molecule has 2 N–H and O–H groups in total. The van der Waals surface area contributed by atoms with Gasteiger partial charge in [-0.25, -0.2) is 12.7 Å². The van der Waals surface area contributed by atoms with E-state index in [1.54, 1.807) is 18.2 Å². The molecule has 0 spiro atoms. The first-order valence-electron chi connectivity index (χ1n) is 8.90. The number of methoxy groups -OCH3 is 1. The molecule has 0 fully saturated rings. The SMILES string of the molecule is COc1ccc(S(=O)(=O)N(C)C)cc1NC(=O)CCNC(=O)c1cccc(C)c1. The van der Waals surface area contributed by atoms with Crippen LogP contribution in [0.15, 0.2) is 47.4 Å². The Hall–Kier alpha value is -2.91. The van der Waals surface area contributed by atoms with Gasteiger partial charge < -0.3 is 15.4 Å². The van der Waals surface area contributed by atoms with E-state index in [0.29, 0.717) is 11.3 Å². The molecule has 0 aliphatic rings. The number of carbonyl (C=O) groups is 2. The molecule has 2 rings (SSSR count). The van der Waals surface area contributed by atoms with Crippen molar-refractivity contribution in [1.29, 1.82) is 0 Å². The van der Waals surface area contributed by atoms with Crippen molar-refractivity contribution >= 4 is 27.5 Å². The van der Waals surface area contributed by atoms with E-state index in [2.05, 4.69) is 10.6 Å². The number of sulfonamides is 1. The lowest BCUT2D eigenvalue weighted by Crippen LogP contribution is -2.27. The highest BCUT2D eigenvalue weighted by atomic mass is 32.2. The summed E-state index contributed by atoms with van der Waals surface area (Å²) < 4.78 is 30.9. The Bertz CT molecular complexity index is 1000. The van der Waals surface area contributed by atoms with Crippen molar-refractivity contribution < 1.29 is 22.7 Å². The van der Waals surface area contributed by atoms with E-state index in [1.807, 2.05) is 13.0 Å². The summed E-state index contributed by atoms with van der Waals surface area (Å²) in [5, 5.41) is 5.33. The molecule has 8 nitrogen and oxygen atoms in total. The number of aryl methyl sites for hydroxylation is 1. The highest BCUT2D eigenvalue weighted by Crippen LogP contribution is 2.28. The fourth-order valence-corrected chi connectivity index (χ4v) is 3.48. The highest BCUT2D eigenvalue weighted by molar-refractivity contribution is 7.89. The number of nitrogens with one attached hydrogen (secondary N) is 2. The fourth-order valence-electron chi connectivity index (χ4n) is 2.55. The molecular weight excluding hydrogens is 394 g/mol. The van der Waals surface area contributed by atoms with Crippen molar-refractivity contribution in [1.82, 2.24) is 9.62 Å². The van der Waals surface area contributed by atoms with Gasteiger partial charge in [-0.05, 0) is 37.3 Å². The monoisotopic (exact) mass is 419 g/mol. The Morgan fingerprint density at radius 3 is 2.45 bits per heavy atom. The molecule has 0 heterocycles. The molecule has 29 heavy (non-hydrogen) atoms. The predicted octanol–water partition coefficient (Wildman–Crippen LogP) is 2.01. The predicted molar refractivity (Wildman–Crippen MR) is 111 cm³/mol. The first-order chi connectivity index (χ1) is 13.6. The van der Waals surface area contributed by atoms with Crippen LogP contribution in [0.4, 0.5) is 5.69 Å². The number of carbonyl (C=O) groups excluding carboxylic acids is 2. The third kappa shape index (κ3) is 5.78. The molecule has 2 amide bonds. The second kappa shape index (κ2) is 9.53. The summed E-state index contributed by atoms with van der Waals surface area (Å²) in [6, 6.07) is 11.4. The van der Waals surface area contributed by atoms with Gasteiger partial charge >= 0.3 is 0 Å². The zero-order valence-electron chi connectivity index (χ0n) is 16.9. The first kappa shape index (κ1) is 22.4. The Balaban J connectivity index is 2.02. The van der Waals surface area contributed by atoms with Crippen LogP contribution < -0.4 is 15.4 Å². The summed E-state index contributed by atoms with van der Waals surface area (Å²) in [4.78, 5) is 24.4. The average Bonchev–Trinajstić information content (AvgIpc) is 2.67. The molecule has 0 saturated carbocycles. The fraction of sp³-hybridized carbons (Fsp3) is 0.300. The Labute approximate surface area is 170 Å². The molecule has 9 heteroatoms. The zero-order chi connectivity index (χ0) is 21.6. The van der Waals surface area contributed by atoms with Crippen LogP contribution in [0, 0.1) is 6.92 Å². The van der Waals surface area contributed by atoms with Crippen LogP contribution in [-0.4, -0.2) is 52.3 Å². The van der Waals surface area contributed by atoms with E-state index in [0.717, 1.165) is 9.87 Å². The smallest absolute Gasteiger partial charge is 0.251 e. The number of ether oxygens (including phenoxy) is 1. The lowest BCUT2D eigenvalue weighted by atomic mass is 10.1. The van der Waals surface area contributed by atoms with Crippen molar-refractivity contribution in [2.75, 3.05) is 33.1 Å². The molecule has 0 radical (unpaired) electrons. The maximum absolute atomic E-state index is 12.3. The van der Waals surface area contributed by atoms with Crippen molar-refractivity contribution in [2.45, 2.75) is 18.2 Å². The molecule has 0 aliphatic heterocycles. The number of benzene rings is 2. The van der Waals surface area contributed by atoms with Crippen molar-refractivity contribution in [3.63, 3.8) is 0 Å². The minimum Gasteiger partial charge on any atom is -0.495 e. The summed E-state index contributed by atoms with van der Waals surface area (Å²) in [7, 11) is 0.621. The summed E-state index contributed by atoms with van der Waals surface area (Å²) in [6.07, 6.45) is 0.0192. The summed E-state index contributed by atoms with van der Waals surface area (Å²) in [6.45, 7) is 2.03. The van der Waals surface area contributed by atoms with Gasteiger partial charge in [-0.1, -0.05) is 17.7 Å². The van der Waals surface area contributed by atoms with E-state index in [-0.39, 0.29) is 35.4 Å². The molecule has 2 aromatic carbocycles. The van der Waals surface area contributed by atoms with E-state index in [9.17, 15) is 18.0 Å². The zero-order valence-corrected chi connectivity index (χ0v) is 17.7. The van der Waals surface area contributed by atoms with Gasteiger partial charge in [0.15, 0.2) is 0 Å². The van der Waals surface area contributed by atoms with Crippen molar-refractivity contribution in [3.05, 3.63) is 53.6 Å². The summed E-state index contributed by atoms with van der Waals surface area (Å²) in [5.41, 5.74) is 1.73. The Morgan fingerprint density at radius 1 is 1.10 bits per heavy atom. The van der Waals surface area contributed by atoms with Gasteiger partial charge in [0.2, 0.25) is 15.9 Å². The number of anilines is 1. The van der Waals surface area contributed by atoms with Gasteiger partial charge in [-0.3, -0.25) is 9.59 Å². The Morgan fingerprint density at radius 2 is 1.83 bits per heavy atom. The van der Waals surface area contributed by atoms with Crippen LogP contribution in [0.25, 0.3) is 0 Å². The maximum atomic E-state index is 12.3. The highest BCUT2D eigenvalue weighted by Gasteiger charge is 2.20. The number of amides is 2. The van der Waals surface area contributed by atoms with E-state index in [1.165, 1.54) is 39.4 Å². The lowest BCUT2D eigenvalue weighted by Gasteiger charge is -2.15. The van der Waals surface area contributed by atoms with E-state index in [4.69, 9.17) is 4.74 Å². The topological polar surface area (TPSA) is 105 Å². The number of hydrogen-bond acceptors (Lipinski definition) is 5. The minimum atomic E-state index is -3.65. The quantitative estimate of drug-likeness (QED) is 0.681. The normalized spacial score (nSPS) is 11.2. The van der Waals surface area contributed by atoms with Gasteiger partial charge in [0.1, 0.15) is 5.75 Å². The van der Waals surface area contributed by atoms with Crippen LogP contribution in [0.2, 0.25) is 0 Å². The number of hydrogen-bond donors (Lipinski definition) is 2. The standard InChI is InChI=1S/C20H25N3O5S/c1-14-6-5-7-15(12-14)20(25)21-11-10-19(24)22-17-13-16(8-9-18(17)28-4)29(26,27)23(2)3/h5-9,12-13H,10-11H2,1-4H3,(H,21,25)(H,22,24). The molecule has 0 bridgehead atoms. The third-order valence-electron chi connectivity index (χ3n) is 4.14. The van der Waals surface area contributed by atoms with Gasteiger partial charge in [-0.2, -0.15) is 0 Å². The molecule has 0 unspecified atom stereocenters. The van der Waals surface area contributed by atoms with Gasteiger partial charge in [0.25, 0.3) is 5.91 Å². The van der Waals surface area contributed by atoms with Crippen LogP contribution in [-0.2, 0) is 14.8 Å². The Kier molecular flexibility index (Phi) is 7.35. The largest absolute Gasteiger partial charge is 0.495 e. The number of rotatable bonds is 8. The van der Waals surface area contributed by atoms with Crippen LogP contribution in [0.1, 0.15) is 22.3 Å². The molecule has 2 aromatic rings. The van der Waals surface area contributed by atoms with Gasteiger partial charge in [0, 0.05) is 32.6 Å². The third-order valence-corrected chi connectivity index (χ3v) is 5.95. The lowest BCUT2D eigenvalue weighted by molar-refractivity contribution is -0.116. The molecule has 0 atom stereocenters. The van der Waals surface area contributed by atoms with E-state index >= 15 is 0 Å². The van der Waals surface area contributed by atoms with Crippen molar-refractivity contribution in [2.24, 2.45) is 0 Å². The van der Waals surface area contributed by atoms with Gasteiger partial charge in [-0.15, -0.1) is 0 Å². The van der Waals surface area contributed by atoms with E-state index < -0.39 is 10.0 Å². The maximum Gasteiger partial charge on any atom is 0.251 e. The van der Waals surface area contributed by atoms with Crippen molar-refractivity contribution in [3.8, 4) is 5.75 Å². The summed E-state index contributed by atoms with van der Waals surface area (Å²) in [5.74, 6) is -0.315. The first-order valence-corrected chi connectivity index (χ1v) is 10.3. The molecular formula is C20H25N3O5S. The van der Waals surface area contributed by atoms with Gasteiger partial charge in [0.05, 0.1) is 17.7 Å².